The van der Waals surface area contributed by atoms with E-state index in [0.717, 1.165) is 28.9 Å². The molecule has 23 heavy (non-hydrogen) atoms. The highest BCUT2D eigenvalue weighted by molar-refractivity contribution is 6.04. The van der Waals surface area contributed by atoms with Crippen molar-refractivity contribution in [1.82, 2.24) is 0 Å². The van der Waals surface area contributed by atoms with E-state index in [2.05, 4.69) is 9.98 Å². The largest absolute Gasteiger partial charge is 0.465 e. The first-order valence-electron chi connectivity index (χ1n) is 7.66. The van der Waals surface area contributed by atoms with Crippen molar-refractivity contribution in [2.24, 2.45) is 9.98 Å². The molecule has 4 heteroatoms. The number of fused-ring (bicyclic) bond motifs is 1. The molecule has 0 saturated carbocycles. The van der Waals surface area contributed by atoms with Crippen LogP contribution >= 0.6 is 0 Å². The summed E-state index contributed by atoms with van der Waals surface area (Å²) in [6.45, 7) is 0.818. The topological polar surface area (TPSA) is 51.0 Å². The molecule has 0 spiro atoms. The van der Waals surface area contributed by atoms with E-state index in [-0.39, 0.29) is 12.4 Å². The van der Waals surface area contributed by atoms with Gasteiger partial charge in [0.2, 0.25) is 0 Å². The molecule has 0 bridgehead atoms. The maximum atomic E-state index is 12.0. The Hall–Kier alpha value is -2.75. The summed E-state index contributed by atoms with van der Waals surface area (Å²) in [5.41, 5.74) is 3.71. The summed E-state index contributed by atoms with van der Waals surface area (Å²) in [7, 11) is 0. The second kappa shape index (κ2) is 7.49. The number of hydrogen-bond donors (Lipinski definition) is 0. The summed E-state index contributed by atoms with van der Waals surface area (Å²) < 4.78 is 5.31. The van der Waals surface area contributed by atoms with Crippen LogP contribution in [0.25, 0.3) is 0 Å². The van der Waals surface area contributed by atoms with Crippen molar-refractivity contribution < 1.29 is 9.53 Å². The second-order valence-corrected chi connectivity index (χ2v) is 5.34. The molecule has 0 atom stereocenters. The van der Waals surface area contributed by atoms with Gasteiger partial charge in [-0.15, -0.1) is 0 Å². The van der Waals surface area contributed by atoms with Crippen molar-refractivity contribution in [1.29, 1.82) is 0 Å². The first kappa shape index (κ1) is 15.2. The van der Waals surface area contributed by atoms with E-state index in [1.807, 2.05) is 54.6 Å². The minimum Gasteiger partial charge on any atom is -0.465 e. The lowest BCUT2D eigenvalue weighted by atomic mass is 10.2. The molecule has 0 unspecified atom stereocenters. The van der Waals surface area contributed by atoms with Crippen LogP contribution in [0.4, 0.5) is 5.69 Å². The highest BCUT2D eigenvalue weighted by atomic mass is 16.5. The van der Waals surface area contributed by atoms with Crippen molar-refractivity contribution in [3.8, 4) is 0 Å². The van der Waals surface area contributed by atoms with Gasteiger partial charge in [-0.3, -0.25) is 14.8 Å². The fraction of sp³-hybridized carbons (Fsp3) is 0.211. The van der Waals surface area contributed by atoms with Gasteiger partial charge in [-0.1, -0.05) is 48.5 Å². The zero-order valence-electron chi connectivity index (χ0n) is 12.8. The van der Waals surface area contributed by atoms with E-state index in [4.69, 9.17) is 4.74 Å². The Morgan fingerprint density at radius 2 is 1.83 bits per heavy atom. The molecular formula is C19H18N2O2. The standard InChI is InChI=1S/C19H18N2O2/c22-19(23-11-10-15-6-2-1-3-7-15)12-17-14-20-13-16-8-4-5-9-18(16)21-17/h1-9,13H,10-12,14H2. The van der Waals surface area contributed by atoms with Crippen molar-refractivity contribution in [2.75, 3.05) is 13.2 Å². The summed E-state index contributed by atoms with van der Waals surface area (Å²) in [6, 6.07) is 17.7. The summed E-state index contributed by atoms with van der Waals surface area (Å²) in [6.07, 6.45) is 2.70. The molecule has 116 valence electrons. The van der Waals surface area contributed by atoms with Gasteiger partial charge in [0.15, 0.2) is 0 Å². The fourth-order valence-corrected chi connectivity index (χ4v) is 2.39. The highest BCUT2D eigenvalue weighted by Gasteiger charge is 2.12. The Morgan fingerprint density at radius 1 is 1.04 bits per heavy atom. The zero-order valence-corrected chi connectivity index (χ0v) is 12.8. The van der Waals surface area contributed by atoms with Gasteiger partial charge in [-0.05, 0) is 11.6 Å². The first-order chi connectivity index (χ1) is 11.3. The molecule has 0 fully saturated rings. The minimum absolute atomic E-state index is 0.181. The number of esters is 1. The van der Waals surface area contributed by atoms with Crippen LogP contribution in [0.15, 0.2) is 64.6 Å². The predicted octanol–water partition coefficient (Wildman–Crippen LogP) is 3.37. The van der Waals surface area contributed by atoms with Crippen LogP contribution in [0, 0.1) is 0 Å². The normalized spacial score (nSPS) is 13.0. The number of rotatable bonds is 5. The molecule has 0 aliphatic carbocycles. The number of ether oxygens (including phenoxy) is 1. The summed E-state index contributed by atoms with van der Waals surface area (Å²) in [5, 5.41) is 0. The van der Waals surface area contributed by atoms with Crippen molar-refractivity contribution >= 4 is 23.6 Å². The molecule has 4 nitrogen and oxygen atoms in total. The lowest BCUT2D eigenvalue weighted by Crippen LogP contribution is -2.14. The maximum absolute atomic E-state index is 12.0. The van der Waals surface area contributed by atoms with Crippen molar-refractivity contribution in [2.45, 2.75) is 12.8 Å². The van der Waals surface area contributed by atoms with E-state index in [9.17, 15) is 4.79 Å². The third kappa shape index (κ3) is 4.36. The van der Waals surface area contributed by atoms with Crippen LogP contribution in [0.2, 0.25) is 0 Å². The van der Waals surface area contributed by atoms with Crippen LogP contribution in [0.5, 0.6) is 0 Å². The van der Waals surface area contributed by atoms with Gasteiger partial charge in [-0.2, -0.15) is 0 Å². The molecule has 3 rings (SSSR count). The maximum Gasteiger partial charge on any atom is 0.311 e. The molecule has 1 aliphatic rings. The molecule has 0 aromatic heterocycles. The smallest absolute Gasteiger partial charge is 0.311 e. The third-order valence-electron chi connectivity index (χ3n) is 3.56. The summed E-state index contributed by atoms with van der Waals surface area (Å²) in [5.74, 6) is -0.255. The van der Waals surface area contributed by atoms with E-state index in [0.29, 0.717) is 13.2 Å². The van der Waals surface area contributed by atoms with Crippen LogP contribution in [0.3, 0.4) is 0 Å². The second-order valence-electron chi connectivity index (χ2n) is 5.34. The summed E-state index contributed by atoms with van der Waals surface area (Å²) in [4.78, 5) is 20.8. The first-order valence-corrected chi connectivity index (χ1v) is 7.66. The van der Waals surface area contributed by atoms with Crippen molar-refractivity contribution in [3.05, 3.63) is 65.7 Å². The van der Waals surface area contributed by atoms with Gasteiger partial charge in [0, 0.05) is 18.2 Å². The molecular weight excluding hydrogens is 288 g/mol. The predicted molar refractivity (Wildman–Crippen MR) is 91.7 cm³/mol. The van der Waals surface area contributed by atoms with Gasteiger partial charge >= 0.3 is 5.97 Å². The van der Waals surface area contributed by atoms with Gasteiger partial charge in [0.25, 0.3) is 0 Å². The number of hydrogen-bond acceptors (Lipinski definition) is 4. The van der Waals surface area contributed by atoms with Crippen LogP contribution < -0.4 is 0 Å². The number of carbonyl (C=O) groups excluding carboxylic acids is 1. The number of benzene rings is 2. The van der Waals surface area contributed by atoms with Crippen LogP contribution in [-0.2, 0) is 16.0 Å². The molecule has 0 radical (unpaired) electrons. The molecule has 0 saturated heterocycles. The SMILES string of the molecule is O=C(CC1=Nc2ccccc2C=NC1)OCCc1ccccc1. The monoisotopic (exact) mass is 306 g/mol. The zero-order chi connectivity index (χ0) is 15.9. The molecule has 2 aromatic carbocycles. The summed E-state index contributed by atoms with van der Waals surface area (Å²) >= 11 is 0. The minimum atomic E-state index is -0.255. The molecule has 0 amide bonds. The van der Waals surface area contributed by atoms with E-state index >= 15 is 0 Å². The Bertz CT molecular complexity index is 736. The number of carbonyl (C=O) groups is 1. The van der Waals surface area contributed by atoms with Gasteiger partial charge in [-0.25, -0.2) is 0 Å². The average Bonchev–Trinajstić information content (AvgIpc) is 2.77. The van der Waals surface area contributed by atoms with E-state index in [1.165, 1.54) is 0 Å². The Balaban J connectivity index is 1.54. The third-order valence-corrected chi connectivity index (χ3v) is 3.56. The van der Waals surface area contributed by atoms with Crippen molar-refractivity contribution in [3.63, 3.8) is 0 Å². The lowest BCUT2D eigenvalue weighted by molar-refractivity contribution is -0.142. The Labute approximate surface area is 135 Å². The molecule has 1 aliphatic heterocycles. The van der Waals surface area contributed by atoms with Gasteiger partial charge < -0.3 is 4.74 Å². The molecule has 2 aromatic rings. The number of nitrogens with zero attached hydrogens (tertiary/aromatic N) is 2. The van der Waals surface area contributed by atoms with Gasteiger partial charge in [0.1, 0.15) is 0 Å². The Kier molecular flexibility index (Phi) is 4.94. The lowest BCUT2D eigenvalue weighted by Gasteiger charge is -2.06. The van der Waals surface area contributed by atoms with Gasteiger partial charge in [0.05, 0.1) is 31.0 Å². The van der Waals surface area contributed by atoms with Crippen LogP contribution in [0.1, 0.15) is 17.5 Å². The fourth-order valence-electron chi connectivity index (χ4n) is 2.39. The molecule has 1 heterocycles. The Morgan fingerprint density at radius 3 is 2.70 bits per heavy atom. The average molecular weight is 306 g/mol. The van der Waals surface area contributed by atoms with E-state index in [1.54, 1.807) is 6.21 Å². The van der Waals surface area contributed by atoms with Crippen LogP contribution in [-0.4, -0.2) is 31.0 Å². The number of para-hydroxylation sites is 1. The quantitative estimate of drug-likeness (QED) is 0.795. The number of aliphatic imine (C=N–C) groups is 2. The highest BCUT2D eigenvalue weighted by Crippen LogP contribution is 2.19. The van der Waals surface area contributed by atoms with E-state index < -0.39 is 0 Å². The molecule has 0 N–H and O–H groups in total.